The molecule has 0 amide bonds. The topological polar surface area (TPSA) is 72.6 Å². The van der Waals surface area contributed by atoms with Crippen molar-refractivity contribution in [2.24, 2.45) is 0 Å². The van der Waals surface area contributed by atoms with Crippen molar-refractivity contribution in [3.05, 3.63) is 64.2 Å². The fourth-order valence-corrected chi connectivity index (χ4v) is 1.87. The van der Waals surface area contributed by atoms with Crippen molar-refractivity contribution in [3.63, 3.8) is 0 Å². The molecular weight excluding hydrogens is 278 g/mol. The van der Waals surface area contributed by atoms with Crippen molar-refractivity contribution in [2.75, 3.05) is 5.73 Å². The van der Waals surface area contributed by atoms with E-state index < -0.39 is 5.97 Å². The average Bonchev–Trinajstić information content (AvgIpc) is 2.45. The number of nitrogens with two attached hydrogens (primary N) is 1. The Morgan fingerprint density at radius 2 is 1.80 bits per heavy atom. The predicted octanol–water partition coefficient (Wildman–Crippen LogP) is 2.77. The van der Waals surface area contributed by atoms with Gasteiger partial charge in [0.25, 0.3) is 0 Å². The molecule has 0 fully saturated rings. The van der Waals surface area contributed by atoms with Crippen LogP contribution < -0.4 is 5.73 Å². The van der Waals surface area contributed by atoms with Crippen LogP contribution in [0.2, 0.25) is 5.02 Å². The first kappa shape index (κ1) is 14.4. The number of nitrogen functional groups attached to an aromatic ring is 1. The molecule has 5 heteroatoms. The number of anilines is 1. The van der Waals surface area contributed by atoms with Gasteiger partial charge in [0.2, 0.25) is 0 Å². The molecule has 0 aliphatic rings. The maximum absolute atomic E-state index is 11.9. The van der Waals surface area contributed by atoms with E-state index in [1.54, 1.807) is 30.3 Å². The van der Waals surface area contributed by atoms with Gasteiger partial charge in [-0.05, 0) is 29.3 Å². The summed E-state index contributed by atoms with van der Waals surface area (Å²) >= 11 is 5.77. The molecule has 2 aromatic carbocycles. The van der Waals surface area contributed by atoms with Gasteiger partial charge in [-0.1, -0.05) is 35.9 Å². The zero-order valence-electron chi connectivity index (χ0n) is 10.7. The monoisotopic (exact) mass is 291 g/mol. The molecule has 0 aromatic heterocycles. The standard InChI is InChI=1S/C15H14ClNO3/c16-12-5-6-13(14(17)7-12)15(19)20-9-11-3-1-10(8-18)2-4-11/h1-7,18H,8-9,17H2. The summed E-state index contributed by atoms with van der Waals surface area (Å²) in [6.07, 6.45) is 0. The zero-order chi connectivity index (χ0) is 14.5. The van der Waals surface area contributed by atoms with Gasteiger partial charge in [0.15, 0.2) is 0 Å². The Morgan fingerprint density at radius 1 is 1.15 bits per heavy atom. The second kappa shape index (κ2) is 6.41. The van der Waals surface area contributed by atoms with Gasteiger partial charge < -0.3 is 15.6 Å². The summed E-state index contributed by atoms with van der Waals surface area (Å²) in [5.74, 6) is -0.495. The second-order valence-corrected chi connectivity index (χ2v) is 4.72. The number of rotatable bonds is 4. The number of esters is 1. The molecule has 0 heterocycles. The highest BCUT2D eigenvalue weighted by atomic mass is 35.5. The van der Waals surface area contributed by atoms with Gasteiger partial charge in [-0.25, -0.2) is 4.79 Å². The maximum Gasteiger partial charge on any atom is 0.340 e. The Labute approximate surface area is 121 Å². The Balaban J connectivity index is 2.00. The van der Waals surface area contributed by atoms with Crippen molar-refractivity contribution in [3.8, 4) is 0 Å². The molecule has 0 unspecified atom stereocenters. The van der Waals surface area contributed by atoms with Crippen molar-refractivity contribution < 1.29 is 14.6 Å². The van der Waals surface area contributed by atoms with Crippen molar-refractivity contribution >= 4 is 23.3 Å². The van der Waals surface area contributed by atoms with Gasteiger partial charge in [0, 0.05) is 10.7 Å². The summed E-state index contributed by atoms with van der Waals surface area (Å²) in [5.41, 5.74) is 7.94. The lowest BCUT2D eigenvalue weighted by Crippen LogP contribution is -2.08. The van der Waals surface area contributed by atoms with E-state index in [2.05, 4.69) is 0 Å². The van der Waals surface area contributed by atoms with Crippen LogP contribution in [0.5, 0.6) is 0 Å². The third-order valence-electron chi connectivity index (χ3n) is 2.81. The lowest BCUT2D eigenvalue weighted by Gasteiger charge is -2.07. The lowest BCUT2D eigenvalue weighted by atomic mass is 10.1. The number of carbonyl (C=O) groups is 1. The van der Waals surface area contributed by atoms with Crippen LogP contribution >= 0.6 is 11.6 Å². The molecular formula is C15H14ClNO3. The summed E-state index contributed by atoms with van der Waals surface area (Å²) in [4.78, 5) is 11.9. The molecule has 0 aliphatic heterocycles. The van der Waals surface area contributed by atoms with Crippen LogP contribution in [-0.4, -0.2) is 11.1 Å². The summed E-state index contributed by atoms with van der Waals surface area (Å²) in [6, 6.07) is 11.8. The van der Waals surface area contributed by atoms with Crippen LogP contribution in [0, 0.1) is 0 Å². The second-order valence-electron chi connectivity index (χ2n) is 4.28. The minimum absolute atomic E-state index is 0.0125. The SMILES string of the molecule is Nc1cc(Cl)ccc1C(=O)OCc1ccc(CO)cc1. The Kier molecular flexibility index (Phi) is 4.61. The minimum Gasteiger partial charge on any atom is -0.457 e. The molecule has 0 aliphatic carbocycles. The molecule has 104 valence electrons. The molecule has 0 saturated carbocycles. The van der Waals surface area contributed by atoms with Crippen LogP contribution in [0.3, 0.4) is 0 Å². The number of hydrogen-bond donors (Lipinski definition) is 2. The van der Waals surface area contributed by atoms with E-state index in [0.717, 1.165) is 11.1 Å². The largest absolute Gasteiger partial charge is 0.457 e. The molecule has 0 atom stereocenters. The van der Waals surface area contributed by atoms with Gasteiger partial charge in [-0.2, -0.15) is 0 Å². The summed E-state index contributed by atoms with van der Waals surface area (Å²) in [5, 5.41) is 9.41. The average molecular weight is 292 g/mol. The molecule has 2 rings (SSSR count). The first-order valence-electron chi connectivity index (χ1n) is 6.01. The number of aliphatic hydroxyl groups excluding tert-OH is 1. The van der Waals surface area contributed by atoms with Crippen LogP contribution in [-0.2, 0) is 18.0 Å². The first-order chi connectivity index (χ1) is 9.60. The van der Waals surface area contributed by atoms with Crippen LogP contribution in [0.15, 0.2) is 42.5 Å². The summed E-state index contributed by atoms with van der Waals surface area (Å²) < 4.78 is 5.18. The molecule has 0 spiro atoms. The van der Waals surface area contributed by atoms with Crippen molar-refractivity contribution in [1.29, 1.82) is 0 Å². The van der Waals surface area contributed by atoms with Crippen molar-refractivity contribution in [2.45, 2.75) is 13.2 Å². The van der Waals surface area contributed by atoms with Gasteiger partial charge in [0.05, 0.1) is 12.2 Å². The zero-order valence-corrected chi connectivity index (χ0v) is 11.4. The van der Waals surface area contributed by atoms with E-state index in [9.17, 15) is 4.79 Å². The number of carbonyl (C=O) groups excluding carboxylic acids is 1. The fraction of sp³-hybridized carbons (Fsp3) is 0.133. The maximum atomic E-state index is 11.9. The normalized spacial score (nSPS) is 10.3. The number of benzene rings is 2. The molecule has 0 bridgehead atoms. The third-order valence-corrected chi connectivity index (χ3v) is 3.04. The summed E-state index contributed by atoms with van der Waals surface area (Å²) in [6.45, 7) is 0.133. The molecule has 2 aromatic rings. The highest BCUT2D eigenvalue weighted by molar-refractivity contribution is 6.31. The van der Waals surface area contributed by atoms with Crippen LogP contribution in [0.4, 0.5) is 5.69 Å². The van der Waals surface area contributed by atoms with Crippen LogP contribution in [0.1, 0.15) is 21.5 Å². The van der Waals surface area contributed by atoms with E-state index in [1.165, 1.54) is 12.1 Å². The van der Waals surface area contributed by atoms with Gasteiger partial charge in [-0.3, -0.25) is 0 Å². The number of halogens is 1. The number of hydrogen-bond acceptors (Lipinski definition) is 4. The lowest BCUT2D eigenvalue weighted by molar-refractivity contribution is 0.0474. The Morgan fingerprint density at radius 3 is 2.40 bits per heavy atom. The smallest absolute Gasteiger partial charge is 0.340 e. The van der Waals surface area contributed by atoms with E-state index in [0.29, 0.717) is 10.6 Å². The van der Waals surface area contributed by atoms with E-state index in [4.69, 9.17) is 27.2 Å². The summed E-state index contributed by atoms with van der Waals surface area (Å²) in [7, 11) is 0. The molecule has 3 N–H and O–H groups in total. The fourth-order valence-electron chi connectivity index (χ4n) is 1.69. The molecule has 20 heavy (non-hydrogen) atoms. The Bertz CT molecular complexity index is 611. The number of ether oxygens (including phenoxy) is 1. The van der Waals surface area contributed by atoms with Gasteiger partial charge in [0.1, 0.15) is 6.61 Å². The van der Waals surface area contributed by atoms with E-state index in [-0.39, 0.29) is 18.9 Å². The van der Waals surface area contributed by atoms with E-state index >= 15 is 0 Å². The number of aliphatic hydroxyl groups is 1. The van der Waals surface area contributed by atoms with Gasteiger partial charge in [-0.15, -0.1) is 0 Å². The molecule has 0 radical (unpaired) electrons. The minimum atomic E-state index is -0.495. The Hall–Kier alpha value is -2.04. The van der Waals surface area contributed by atoms with Crippen LogP contribution in [0.25, 0.3) is 0 Å². The molecule has 0 saturated heterocycles. The van der Waals surface area contributed by atoms with Crippen molar-refractivity contribution in [1.82, 2.24) is 0 Å². The predicted molar refractivity (Wildman–Crippen MR) is 77.3 cm³/mol. The highest BCUT2D eigenvalue weighted by Crippen LogP contribution is 2.19. The van der Waals surface area contributed by atoms with Gasteiger partial charge >= 0.3 is 5.97 Å². The molecule has 4 nitrogen and oxygen atoms in total. The van der Waals surface area contributed by atoms with E-state index in [1.807, 2.05) is 0 Å². The quantitative estimate of drug-likeness (QED) is 0.671. The first-order valence-corrected chi connectivity index (χ1v) is 6.39. The third kappa shape index (κ3) is 3.50. The highest BCUT2D eigenvalue weighted by Gasteiger charge is 2.11.